The number of H-pyrrole nitrogens is 2. The molecule has 0 amide bonds. The number of ether oxygens (including phenoxy) is 1. The van der Waals surface area contributed by atoms with Crippen LogP contribution in [0.3, 0.4) is 0 Å². The second-order valence-electron chi connectivity index (χ2n) is 8.57. The average Bonchev–Trinajstić information content (AvgIpc) is 3.55. The average molecular weight is 495 g/mol. The van der Waals surface area contributed by atoms with E-state index in [1.165, 1.54) is 19.2 Å². The minimum Gasteiger partial charge on any atom is -0.497 e. The number of nitrogens with zero attached hydrogens (tertiary/aromatic N) is 5. The molecule has 0 aliphatic rings. The Kier molecular flexibility index (Phi) is 5.78. The van der Waals surface area contributed by atoms with Gasteiger partial charge in [0.25, 0.3) is 0 Å². The van der Waals surface area contributed by atoms with Crippen molar-refractivity contribution in [2.75, 3.05) is 13.7 Å². The highest BCUT2D eigenvalue weighted by atomic mass is 19.1. The van der Waals surface area contributed by atoms with Crippen molar-refractivity contribution >= 4 is 21.9 Å². The quantitative estimate of drug-likeness (QED) is 0.289. The first kappa shape index (κ1) is 22.7. The highest BCUT2D eigenvalue weighted by molar-refractivity contribution is 5.96. The number of halogens is 1. The zero-order chi connectivity index (χ0) is 25.4. The number of aromatic amines is 2. The predicted molar refractivity (Wildman–Crippen MR) is 139 cm³/mol. The van der Waals surface area contributed by atoms with Crippen molar-refractivity contribution in [1.29, 1.82) is 0 Å². The molecule has 10 heteroatoms. The molecule has 3 N–H and O–H groups in total. The molecule has 6 aromatic rings. The molecule has 6 rings (SSSR count). The van der Waals surface area contributed by atoms with Crippen LogP contribution in [0, 0.1) is 5.82 Å². The van der Waals surface area contributed by atoms with Crippen molar-refractivity contribution < 1.29 is 9.13 Å². The molecule has 9 nitrogen and oxygen atoms in total. The number of methoxy groups -OCH3 is 1. The van der Waals surface area contributed by atoms with Crippen LogP contribution < -0.4 is 10.1 Å². The van der Waals surface area contributed by atoms with E-state index in [4.69, 9.17) is 9.72 Å². The molecule has 0 aliphatic carbocycles. The predicted octanol–water partition coefficient (Wildman–Crippen LogP) is 4.88. The van der Waals surface area contributed by atoms with Gasteiger partial charge in [-0.1, -0.05) is 6.92 Å². The van der Waals surface area contributed by atoms with Crippen LogP contribution in [-0.2, 0) is 6.54 Å². The van der Waals surface area contributed by atoms with Gasteiger partial charge in [-0.3, -0.25) is 20.1 Å². The maximum Gasteiger partial charge on any atom is 0.159 e. The second-order valence-corrected chi connectivity index (χ2v) is 8.57. The number of rotatable bonds is 7. The summed E-state index contributed by atoms with van der Waals surface area (Å²) in [4.78, 5) is 21.6. The van der Waals surface area contributed by atoms with E-state index in [9.17, 15) is 4.39 Å². The zero-order valence-electron chi connectivity index (χ0n) is 20.2. The lowest BCUT2D eigenvalue weighted by molar-refractivity contribution is 0.411. The molecular formula is C27H23FN8O. The van der Waals surface area contributed by atoms with Gasteiger partial charge in [0.05, 0.1) is 35.7 Å². The largest absolute Gasteiger partial charge is 0.497 e. The Labute approximate surface area is 211 Å². The highest BCUT2D eigenvalue weighted by Gasteiger charge is 2.17. The third kappa shape index (κ3) is 4.27. The van der Waals surface area contributed by atoms with E-state index in [2.05, 4.69) is 48.4 Å². The van der Waals surface area contributed by atoms with Crippen LogP contribution in [0.2, 0.25) is 0 Å². The SMILES string of the molecule is CCNCc1cncc(-c2cc3c(-c4nc5c(-c6cc(F)cc(OC)c6)nccc5[nH]4)n[nH]c3cn2)c1. The smallest absolute Gasteiger partial charge is 0.159 e. The fraction of sp³-hybridized carbons (Fsp3) is 0.148. The minimum atomic E-state index is -0.411. The summed E-state index contributed by atoms with van der Waals surface area (Å²) in [5.41, 5.74) is 6.70. The van der Waals surface area contributed by atoms with Crippen molar-refractivity contribution in [1.82, 2.24) is 40.4 Å². The molecule has 0 saturated heterocycles. The van der Waals surface area contributed by atoms with Gasteiger partial charge >= 0.3 is 0 Å². The third-order valence-corrected chi connectivity index (χ3v) is 6.12. The summed E-state index contributed by atoms with van der Waals surface area (Å²) in [6.45, 7) is 3.69. The fourth-order valence-electron chi connectivity index (χ4n) is 4.32. The summed E-state index contributed by atoms with van der Waals surface area (Å²) in [5.74, 6) is 0.563. The zero-order valence-corrected chi connectivity index (χ0v) is 20.2. The van der Waals surface area contributed by atoms with Gasteiger partial charge < -0.3 is 15.0 Å². The summed E-state index contributed by atoms with van der Waals surface area (Å²) in [5, 5.41) is 11.7. The molecule has 0 unspecified atom stereocenters. The highest BCUT2D eigenvalue weighted by Crippen LogP contribution is 2.33. The van der Waals surface area contributed by atoms with Gasteiger partial charge in [0.1, 0.15) is 22.8 Å². The van der Waals surface area contributed by atoms with Crippen LogP contribution >= 0.6 is 0 Å². The van der Waals surface area contributed by atoms with Crippen LogP contribution in [0.25, 0.3) is 56.0 Å². The lowest BCUT2D eigenvalue weighted by Crippen LogP contribution is -2.11. The maximum absolute atomic E-state index is 14.2. The molecule has 5 heterocycles. The van der Waals surface area contributed by atoms with E-state index in [-0.39, 0.29) is 0 Å². The van der Waals surface area contributed by atoms with E-state index in [1.54, 1.807) is 24.7 Å². The number of hydrogen-bond acceptors (Lipinski definition) is 7. The van der Waals surface area contributed by atoms with Crippen LogP contribution in [0.1, 0.15) is 12.5 Å². The number of aromatic nitrogens is 7. The number of nitrogens with one attached hydrogen (secondary N) is 3. The van der Waals surface area contributed by atoms with Gasteiger partial charge in [0.2, 0.25) is 0 Å². The first-order valence-electron chi connectivity index (χ1n) is 11.8. The summed E-state index contributed by atoms with van der Waals surface area (Å²) in [6.07, 6.45) is 7.07. The first-order valence-corrected chi connectivity index (χ1v) is 11.8. The molecule has 5 aromatic heterocycles. The first-order chi connectivity index (χ1) is 18.1. The Balaban J connectivity index is 1.43. The number of imidazole rings is 1. The van der Waals surface area contributed by atoms with Crippen LogP contribution in [0.15, 0.2) is 61.2 Å². The van der Waals surface area contributed by atoms with Crippen molar-refractivity contribution in [3.05, 3.63) is 72.6 Å². The van der Waals surface area contributed by atoms with Crippen LogP contribution in [-0.4, -0.2) is 48.8 Å². The van der Waals surface area contributed by atoms with E-state index < -0.39 is 5.82 Å². The van der Waals surface area contributed by atoms with Gasteiger partial charge in [-0.2, -0.15) is 5.10 Å². The van der Waals surface area contributed by atoms with Crippen molar-refractivity contribution in [2.45, 2.75) is 13.5 Å². The third-order valence-electron chi connectivity index (χ3n) is 6.12. The number of pyridine rings is 3. The van der Waals surface area contributed by atoms with Gasteiger partial charge in [0.15, 0.2) is 5.82 Å². The number of fused-ring (bicyclic) bond motifs is 2. The molecule has 0 bridgehead atoms. The number of hydrogen-bond donors (Lipinski definition) is 3. The van der Waals surface area contributed by atoms with Crippen molar-refractivity contribution in [3.63, 3.8) is 0 Å². The Morgan fingerprint density at radius 2 is 1.89 bits per heavy atom. The van der Waals surface area contributed by atoms with Crippen molar-refractivity contribution in [3.8, 4) is 39.8 Å². The van der Waals surface area contributed by atoms with Crippen LogP contribution in [0.5, 0.6) is 5.75 Å². The summed E-state index contributed by atoms with van der Waals surface area (Å²) < 4.78 is 19.4. The lowest BCUT2D eigenvalue weighted by atomic mass is 10.1. The maximum atomic E-state index is 14.2. The summed E-state index contributed by atoms with van der Waals surface area (Å²) in [7, 11) is 1.50. The van der Waals surface area contributed by atoms with Crippen LogP contribution in [0.4, 0.5) is 4.39 Å². The lowest BCUT2D eigenvalue weighted by Gasteiger charge is -2.05. The molecule has 0 aliphatic heterocycles. The molecule has 1 aromatic carbocycles. The Morgan fingerprint density at radius 3 is 2.76 bits per heavy atom. The van der Waals surface area contributed by atoms with E-state index in [0.29, 0.717) is 34.0 Å². The molecule has 0 radical (unpaired) electrons. The topological polar surface area (TPSA) is 117 Å². The van der Waals surface area contributed by atoms with Gasteiger partial charge in [-0.25, -0.2) is 9.37 Å². The standard InChI is InChI=1S/C27H23FN8O/c1-3-29-11-15-6-17(13-30-12-15)22-10-20-23(14-32-22)35-36-25(20)27-33-21-4-5-31-24(26(21)34-27)16-7-18(28)9-19(8-16)37-2/h4-10,12-14,29H,3,11H2,1-2H3,(H,33,34)(H,35,36). The Hall–Kier alpha value is -4.70. The molecule has 0 fully saturated rings. The van der Waals surface area contributed by atoms with Gasteiger partial charge in [-0.15, -0.1) is 0 Å². The minimum absolute atomic E-state index is 0.409. The number of benzene rings is 1. The normalized spacial score (nSPS) is 11.4. The molecule has 184 valence electrons. The van der Waals surface area contributed by atoms with Crippen molar-refractivity contribution in [2.24, 2.45) is 0 Å². The molecule has 0 spiro atoms. The van der Waals surface area contributed by atoms with E-state index in [1.807, 2.05) is 18.3 Å². The Morgan fingerprint density at radius 1 is 0.973 bits per heavy atom. The molecule has 0 atom stereocenters. The molecular weight excluding hydrogens is 471 g/mol. The Bertz CT molecular complexity index is 1740. The van der Waals surface area contributed by atoms with Gasteiger partial charge in [0, 0.05) is 47.7 Å². The fourth-order valence-corrected chi connectivity index (χ4v) is 4.32. The van der Waals surface area contributed by atoms with E-state index >= 15 is 0 Å². The van der Waals surface area contributed by atoms with E-state index in [0.717, 1.165) is 46.3 Å². The second kappa shape index (κ2) is 9.40. The molecule has 37 heavy (non-hydrogen) atoms. The summed E-state index contributed by atoms with van der Waals surface area (Å²) in [6, 6.07) is 10.4. The summed E-state index contributed by atoms with van der Waals surface area (Å²) >= 11 is 0. The monoisotopic (exact) mass is 494 g/mol. The molecule has 0 saturated carbocycles. The van der Waals surface area contributed by atoms with Gasteiger partial charge in [-0.05, 0) is 42.4 Å².